The summed E-state index contributed by atoms with van der Waals surface area (Å²) in [6.07, 6.45) is 1.61. The third-order valence-corrected chi connectivity index (χ3v) is 6.95. The van der Waals surface area contributed by atoms with Gasteiger partial charge in [-0.05, 0) is 18.4 Å². The summed E-state index contributed by atoms with van der Waals surface area (Å²) >= 11 is 0. The van der Waals surface area contributed by atoms with Gasteiger partial charge in [0.15, 0.2) is 22.7 Å². The van der Waals surface area contributed by atoms with Crippen LogP contribution >= 0.6 is 0 Å². The van der Waals surface area contributed by atoms with Gasteiger partial charge in [-0.3, -0.25) is 0 Å². The Labute approximate surface area is 238 Å². The molecule has 5 aromatic rings. The Morgan fingerprint density at radius 1 is 0.976 bits per heavy atom. The molecule has 1 fully saturated rings. The summed E-state index contributed by atoms with van der Waals surface area (Å²) in [7, 11) is 4.69. The fourth-order valence-electron chi connectivity index (χ4n) is 4.67. The first-order chi connectivity index (χ1) is 20.3. The second kappa shape index (κ2) is 11.0. The average Bonchev–Trinajstić information content (AvgIpc) is 3.63. The number of methoxy groups -OCH3 is 2. The van der Waals surface area contributed by atoms with Crippen LogP contribution in [0.15, 0.2) is 43.1 Å². The number of alkyl halides is 3. The van der Waals surface area contributed by atoms with E-state index in [1.54, 1.807) is 44.8 Å². The van der Waals surface area contributed by atoms with E-state index in [4.69, 9.17) is 24.2 Å². The quantitative estimate of drug-likeness (QED) is 0.229. The monoisotopic (exact) mass is 580 g/mol. The summed E-state index contributed by atoms with van der Waals surface area (Å²) in [5, 5.41) is 0. The standard InChI is InChI=1S/C28H27F3N8O3/c1-38-12-19(28(29,30)31)35-24(38)18-6-4-16(5-7-18)13-42-27-22-25(39(15-34-22)10-11-40-2)36-23(37-27)20-21(17-8-9-17)32-14-33-26(20)41-3/h4-7,12,14-15,17H,8-11,13H2,1-3H3. The van der Waals surface area contributed by atoms with Gasteiger partial charge in [0.2, 0.25) is 11.8 Å². The Morgan fingerprint density at radius 3 is 2.43 bits per heavy atom. The van der Waals surface area contributed by atoms with Crippen molar-refractivity contribution in [2.45, 2.75) is 38.1 Å². The number of fused-ring (bicyclic) bond motifs is 1. The molecule has 0 radical (unpaired) electrons. The Bertz CT molecular complexity index is 1730. The molecule has 0 unspecified atom stereocenters. The lowest BCUT2D eigenvalue weighted by Gasteiger charge is -2.13. The number of aromatic nitrogens is 8. The van der Waals surface area contributed by atoms with Gasteiger partial charge >= 0.3 is 6.18 Å². The van der Waals surface area contributed by atoms with Gasteiger partial charge in [0.1, 0.15) is 24.3 Å². The van der Waals surface area contributed by atoms with E-state index in [1.165, 1.54) is 17.9 Å². The van der Waals surface area contributed by atoms with Crippen LogP contribution in [0.1, 0.15) is 35.7 Å². The van der Waals surface area contributed by atoms with E-state index in [0.717, 1.165) is 30.3 Å². The van der Waals surface area contributed by atoms with Crippen molar-refractivity contribution >= 4 is 11.2 Å². The molecule has 0 spiro atoms. The maximum atomic E-state index is 13.1. The second-order valence-electron chi connectivity index (χ2n) is 9.92. The molecule has 0 saturated heterocycles. The molecule has 0 aliphatic heterocycles. The minimum absolute atomic E-state index is 0.128. The zero-order chi connectivity index (χ0) is 29.4. The molecule has 4 aromatic heterocycles. The second-order valence-corrected chi connectivity index (χ2v) is 9.92. The highest BCUT2D eigenvalue weighted by atomic mass is 19.4. The minimum Gasteiger partial charge on any atom is -0.480 e. The molecule has 1 aromatic carbocycles. The molecule has 6 rings (SSSR count). The number of imidazole rings is 2. The lowest BCUT2D eigenvalue weighted by atomic mass is 10.1. The molecule has 14 heteroatoms. The van der Waals surface area contributed by atoms with Crippen LogP contribution < -0.4 is 9.47 Å². The summed E-state index contributed by atoms with van der Waals surface area (Å²) in [6, 6.07) is 6.95. The van der Waals surface area contributed by atoms with Gasteiger partial charge in [0.05, 0.1) is 25.7 Å². The summed E-state index contributed by atoms with van der Waals surface area (Å²) in [5.41, 5.74) is 2.86. The van der Waals surface area contributed by atoms with Gasteiger partial charge in [0.25, 0.3) is 0 Å². The van der Waals surface area contributed by atoms with Crippen LogP contribution in [0.2, 0.25) is 0 Å². The number of nitrogens with zero attached hydrogens (tertiary/aromatic N) is 8. The van der Waals surface area contributed by atoms with Crippen LogP contribution in [0.3, 0.4) is 0 Å². The molecule has 1 saturated carbocycles. The molecular weight excluding hydrogens is 553 g/mol. The molecule has 1 aliphatic rings. The fourth-order valence-corrected chi connectivity index (χ4v) is 4.67. The molecule has 11 nitrogen and oxygen atoms in total. The predicted octanol–water partition coefficient (Wildman–Crippen LogP) is 4.81. The first kappa shape index (κ1) is 27.6. The third kappa shape index (κ3) is 5.36. The highest BCUT2D eigenvalue weighted by Crippen LogP contribution is 2.45. The number of hydrogen-bond acceptors (Lipinski definition) is 9. The zero-order valence-electron chi connectivity index (χ0n) is 23.1. The molecule has 218 valence electrons. The van der Waals surface area contributed by atoms with Crippen LogP contribution in [0.5, 0.6) is 11.8 Å². The van der Waals surface area contributed by atoms with E-state index < -0.39 is 11.9 Å². The summed E-state index contributed by atoms with van der Waals surface area (Å²) < 4.78 is 59.5. The van der Waals surface area contributed by atoms with Crippen LogP contribution in [0.25, 0.3) is 33.9 Å². The number of halogens is 3. The van der Waals surface area contributed by atoms with Crippen LogP contribution in [0, 0.1) is 0 Å². The van der Waals surface area contributed by atoms with E-state index in [0.29, 0.717) is 47.1 Å². The van der Waals surface area contributed by atoms with Crippen molar-refractivity contribution in [1.29, 1.82) is 0 Å². The Balaban J connectivity index is 1.33. The third-order valence-electron chi connectivity index (χ3n) is 6.95. The van der Waals surface area contributed by atoms with Crippen molar-refractivity contribution in [2.75, 3.05) is 20.8 Å². The molecule has 42 heavy (non-hydrogen) atoms. The fraction of sp³-hybridized carbons (Fsp3) is 0.357. The number of ether oxygens (including phenoxy) is 3. The smallest absolute Gasteiger partial charge is 0.434 e. The van der Waals surface area contributed by atoms with Gasteiger partial charge in [-0.2, -0.15) is 18.2 Å². The van der Waals surface area contributed by atoms with Crippen LogP contribution in [-0.4, -0.2) is 59.9 Å². The van der Waals surface area contributed by atoms with Crippen molar-refractivity contribution in [3.63, 3.8) is 0 Å². The number of rotatable bonds is 10. The number of aryl methyl sites for hydroxylation is 1. The first-order valence-electron chi connectivity index (χ1n) is 13.2. The molecule has 0 bridgehead atoms. The average molecular weight is 581 g/mol. The van der Waals surface area contributed by atoms with Crippen molar-refractivity contribution in [3.05, 3.63) is 60.1 Å². The molecule has 4 heterocycles. The van der Waals surface area contributed by atoms with Gasteiger partial charge in [-0.25, -0.2) is 24.9 Å². The van der Waals surface area contributed by atoms with E-state index >= 15 is 0 Å². The molecule has 1 aliphatic carbocycles. The van der Waals surface area contributed by atoms with Crippen molar-refractivity contribution in [3.8, 4) is 34.5 Å². The number of benzene rings is 1. The maximum Gasteiger partial charge on any atom is 0.434 e. The summed E-state index contributed by atoms with van der Waals surface area (Å²) in [5.74, 6) is 1.49. The minimum atomic E-state index is -4.52. The van der Waals surface area contributed by atoms with Gasteiger partial charge < -0.3 is 23.3 Å². The highest BCUT2D eigenvalue weighted by Gasteiger charge is 2.35. The summed E-state index contributed by atoms with van der Waals surface area (Å²) in [4.78, 5) is 26.7. The largest absolute Gasteiger partial charge is 0.480 e. The predicted molar refractivity (Wildman–Crippen MR) is 145 cm³/mol. The molecule has 0 atom stereocenters. The van der Waals surface area contributed by atoms with E-state index in [1.807, 2.05) is 4.57 Å². The van der Waals surface area contributed by atoms with E-state index in [-0.39, 0.29) is 24.2 Å². The van der Waals surface area contributed by atoms with Crippen LogP contribution in [0.4, 0.5) is 13.2 Å². The zero-order valence-corrected chi connectivity index (χ0v) is 23.1. The lowest BCUT2D eigenvalue weighted by molar-refractivity contribution is -0.140. The Morgan fingerprint density at radius 2 is 1.76 bits per heavy atom. The molecule has 0 amide bonds. The van der Waals surface area contributed by atoms with Crippen molar-refractivity contribution in [2.24, 2.45) is 7.05 Å². The SMILES string of the molecule is COCCn1cnc2c(OCc3ccc(-c4nc(C(F)(F)F)cn4C)cc3)nc(-c3c(OC)ncnc3C3CC3)nc21. The van der Waals surface area contributed by atoms with Gasteiger partial charge in [-0.1, -0.05) is 24.3 Å². The molecule has 0 N–H and O–H groups in total. The number of hydrogen-bond donors (Lipinski definition) is 0. The normalized spacial score (nSPS) is 13.6. The van der Waals surface area contributed by atoms with E-state index in [9.17, 15) is 13.2 Å². The van der Waals surface area contributed by atoms with Crippen molar-refractivity contribution < 1.29 is 27.4 Å². The molecular formula is C28H27F3N8O3. The topological polar surface area (TPSA) is 115 Å². The first-order valence-corrected chi connectivity index (χ1v) is 13.2. The summed E-state index contributed by atoms with van der Waals surface area (Å²) in [6.45, 7) is 1.10. The Hall–Kier alpha value is -4.59. The Kier molecular flexibility index (Phi) is 7.22. The van der Waals surface area contributed by atoms with Gasteiger partial charge in [-0.15, -0.1) is 0 Å². The van der Waals surface area contributed by atoms with Crippen LogP contribution in [-0.2, 0) is 31.1 Å². The van der Waals surface area contributed by atoms with Crippen molar-refractivity contribution in [1.82, 2.24) is 39.0 Å². The van der Waals surface area contributed by atoms with Gasteiger partial charge in [0, 0.05) is 38.4 Å². The highest BCUT2D eigenvalue weighted by molar-refractivity contribution is 5.80. The van der Waals surface area contributed by atoms with E-state index in [2.05, 4.69) is 19.9 Å². The lowest BCUT2D eigenvalue weighted by Crippen LogP contribution is -2.07. The maximum absolute atomic E-state index is 13.1.